The van der Waals surface area contributed by atoms with Crippen LogP contribution in [0.2, 0.25) is 0 Å². The maximum atomic E-state index is 12.6. The lowest BCUT2D eigenvalue weighted by atomic mass is 10.0. The Morgan fingerprint density at radius 3 is 2.82 bits per heavy atom. The number of ether oxygens (including phenoxy) is 1. The van der Waals surface area contributed by atoms with Crippen LogP contribution in [0.1, 0.15) is 44.4 Å². The van der Waals surface area contributed by atoms with Gasteiger partial charge in [0.05, 0.1) is 18.8 Å². The summed E-state index contributed by atoms with van der Waals surface area (Å²) >= 11 is 0. The van der Waals surface area contributed by atoms with Crippen molar-refractivity contribution in [2.45, 2.75) is 32.9 Å². The first kappa shape index (κ1) is 18.4. The molecule has 1 aromatic heterocycles. The molecule has 0 spiro atoms. The van der Waals surface area contributed by atoms with Gasteiger partial charge in [-0.15, -0.1) is 0 Å². The third kappa shape index (κ3) is 3.99. The summed E-state index contributed by atoms with van der Waals surface area (Å²) in [5, 5.41) is 7.76. The summed E-state index contributed by atoms with van der Waals surface area (Å²) in [6, 6.07) is 16.1. The Hall–Kier alpha value is -2.92. The maximum absolute atomic E-state index is 12.6. The number of hydrogen-bond acceptors (Lipinski definition) is 3. The lowest BCUT2D eigenvalue weighted by molar-refractivity contribution is 0.0383. The third-order valence-corrected chi connectivity index (χ3v) is 5.13. The van der Waals surface area contributed by atoms with Crippen molar-refractivity contribution in [2.24, 2.45) is 0 Å². The Morgan fingerprint density at radius 2 is 2.04 bits per heavy atom. The molecule has 2 aromatic carbocycles. The van der Waals surface area contributed by atoms with E-state index in [0.717, 1.165) is 29.8 Å². The van der Waals surface area contributed by atoms with E-state index in [9.17, 15) is 4.79 Å². The molecule has 1 aliphatic rings. The van der Waals surface area contributed by atoms with Crippen molar-refractivity contribution in [1.82, 2.24) is 15.1 Å². The summed E-state index contributed by atoms with van der Waals surface area (Å²) in [7, 11) is 0. The Kier molecular flexibility index (Phi) is 5.26. The van der Waals surface area contributed by atoms with E-state index in [1.54, 1.807) is 0 Å². The van der Waals surface area contributed by atoms with Crippen LogP contribution in [-0.4, -0.2) is 28.8 Å². The predicted molar refractivity (Wildman–Crippen MR) is 108 cm³/mol. The number of amides is 1. The maximum Gasteiger partial charge on any atom is 0.251 e. The van der Waals surface area contributed by atoms with Gasteiger partial charge in [0.25, 0.3) is 5.91 Å². The highest BCUT2D eigenvalue weighted by Crippen LogP contribution is 2.25. The first-order valence-corrected chi connectivity index (χ1v) is 9.67. The third-order valence-electron chi connectivity index (χ3n) is 5.13. The van der Waals surface area contributed by atoms with Crippen molar-refractivity contribution < 1.29 is 9.53 Å². The Balaban J connectivity index is 1.45. The molecule has 0 aliphatic carbocycles. The van der Waals surface area contributed by atoms with Crippen LogP contribution in [0, 0.1) is 13.8 Å². The molecule has 2 heterocycles. The molecule has 3 aromatic rings. The number of nitrogens with zero attached hydrogens (tertiary/aromatic N) is 2. The minimum Gasteiger partial charge on any atom is -0.370 e. The molecule has 28 heavy (non-hydrogen) atoms. The fourth-order valence-corrected chi connectivity index (χ4v) is 3.69. The summed E-state index contributed by atoms with van der Waals surface area (Å²) in [5.41, 5.74) is 6.18. The zero-order chi connectivity index (χ0) is 19.5. The van der Waals surface area contributed by atoms with Crippen molar-refractivity contribution in [3.8, 4) is 0 Å². The zero-order valence-electron chi connectivity index (χ0n) is 16.3. The Morgan fingerprint density at radius 1 is 1.21 bits per heavy atom. The van der Waals surface area contributed by atoms with Crippen molar-refractivity contribution in [2.75, 3.05) is 13.2 Å². The van der Waals surface area contributed by atoms with E-state index in [0.29, 0.717) is 18.7 Å². The molecule has 5 heteroatoms. The monoisotopic (exact) mass is 375 g/mol. The molecule has 1 N–H and O–H groups in total. The number of rotatable bonds is 5. The van der Waals surface area contributed by atoms with E-state index in [1.807, 2.05) is 54.9 Å². The molecule has 0 radical (unpaired) electrons. The van der Waals surface area contributed by atoms with Gasteiger partial charge in [-0.2, -0.15) is 5.10 Å². The summed E-state index contributed by atoms with van der Waals surface area (Å²) in [6.45, 7) is 5.78. The van der Waals surface area contributed by atoms with Crippen LogP contribution in [-0.2, 0) is 17.7 Å². The Bertz CT molecular complexity index is 979. The lowest BCUT2D eigenvalue weighted by Crippen LogP contribution is -2.32. The van der Waals surface area contributed by atoms with E-state index in [4.69, 9.17) is 9.84 Å². The van der Waals surface area contributed by atoms with E-state index in [-0.39, 0.29) is 12.0 Å². The van der Waals surface area contributed by atoms with Gasteiger partial charge in [-0.05, 0) is 43.0 Å². The van der Waals surface area contributed by atoms with Gasteiger partial charge in [0.2, 0.25) is 0 Å². The summed E-state index contributed by atoms with van der Waals surface area (Å²) in [4.78, 5) is 12.6. The van der Waals surface area contributed by atoms with Crippen molar-refractivity contribution in [3.05, 3.63) is 88.2 Å². The zero-order valence-corrected chi connectivity index (χ0v) is 16.3. The molecule has 144 valence electrons. The van der Waals surface area contributed by atoms with Crippen LogP contribution in [0.3, 0.4) is 0 Å². The highest BCUT2D eigenvalue weighted by atomic mass is 16.5. The first-order chi connectivity index (χ1) is 13.6. The number of hydrogen-bond donors (Lipinski definition) is 1. The topological polar surface area (TPSA) is 56.1 Å². The van der Waals surface area contributed by atoms with Gasteiger partial charge in [0.1, 0.15) is 6.10 Å². The number of carbonyl (C=O) groups excluding carboxylic acids is 1. The standard InChI is InChI=1S/C23H25N3O2/c1-16-8-9-20(17(2)12-16)23(27)24-13-21-22-19(10-11-28-21)15-26(25-22)14-18-6-4-3-5-7-18/h3-9,12,15,21H,10-11,13-14H2,1-2H3,(H,24,27)/t21-/m1/s1. The van der Waals surface area contributed by atoms with Gasteiger partial charge in [0, 0.05) is 18.3 Å². The Labute approximate surface area is 165 Å². The molecule has 1 atom stereocenters. The normalized spacial score (nSPS) is 15.9. The number of fused-ring (bicyclic) bond motifs is 1. The number of aryl methyl sites for hydroxylation is 2. The smallest absolute Gasteiger partial charge is 0.251 e. The summed E-state index contributed by atoms with van der Waals surface area (Å²) in [6.07, 6.45) is 2.74. The van der Waals surface area contributed by atoms with Crippen molar-refractivity contribution in [3.63, 3.8) is 0 Å². The second-order valence-corrected chi connectivity index (χ2v) is 7.36. The fourth-order valence-electron chi connectivity index (χ4n) is 3.69. The molecule has 4 rings (SSSR count). The largest absolute Gasteiger partial charge is 0.370 e. The molecule has 1 amide bonds. The minimum atomic E-state index is -0.213. The summed E-state index contributed by atoms with van der Waals surface area (Å²) < 4.78 is 7.88. The molecule has 1 aliphatic heterocycles. The average Bonchev–Trinajstić information content (AvgIpc) is 3.10. The minimum absolute atomic E-state index is 0.0723. The molecule has 0 bridgehead atoms. The van der Waals surface area contributed by atoms with Gasteiger partial charge in [-0.25, -0.2) is 0 Å². The van der Waals surface area contributed by atoms with E-state index < -0.39 is 0 Å². The van der Waals surface area contributed by atoms with Gasteiger partial charge in [0.15, 0.2) is 0 Å². The van der Waals surface area contributed by atoms with E-state index >= 15 is 0 Å². The molecule has 0 saturated carbocycles. The molecule has 0 saturated heterocycles. The number of benzene rings is 2. The van der Waals surface area contributed by atoms with Crippen LogP contribution in [0.25, 0.3) is 0 Å². The summed E-state index contributed by atoms with van der Waals surface area (Å²) in [5.74, 6) is -0.0723. The second-order valence-electron chi connectivity index (χ2n) is 7.36. The van der Waals surface area contributed by atoms with Gasteiger partial charge in [-0.3, -0.25) is 9.48 Å². The van der Waals surface area contributed by atoms with Crippen LogP contribution in [0.5, 0.6) is 0 Å². The quantitative estimate of drug-likeness (QED) is 0.741. The van der Waals surface area contributed by atoms with Crippen LogP contribution >= 0.6 is 0 Å². The van der Waals surface area contributed by atoms with Gasteiger partial charge < -0.3 is 10.1 Å². The highest BCUT2D eigenvalue weighted by Gasteiger charge is 2.25. The fraction of sp³-hybridized carbons (Fsp3) is 0.304. The van der Waals surface area contributed by atoms with E-state index in [2.05, 4.69) is 23.6 Å². The molecule has 5 nitrogen and oxygen atoms in total. The van der Waals surface area contributed by atoms with Crippen LogP contribution < -0.4 is 5.32 Å². The molecule has 0 fully saturated rings. The first-order valence-electron chi connectivity index (χ1n) is 9.67. The number of carbonyl (C=O) groups is 1. The lowest BCUT2D eigenvalue weighted by Gasteiger charge is -2.22. The van der Waals surface area contributed by atoms with E-state index in [1.165, 1.54) is 11.1 Å². The van der Waals surface area contributed by atoms with Gasteiger partial charge >= 0.3 is 0 Å². The molecular formula is C23H25N3O2. The second kappa shape index (κ2) is 7.98. The van der Waals surface area contributed by atoms with Crippen LogP contribution in [0.15, 0.2) is 54.7 Å². The SMILES string of the molecule is Cc1ccc(C(=O)NC[C@H]2OCCc3cn(Cc4ccccc4)nc32)c(C)c1. The predicted octanol–water partition coefficient (Wildman–Crippen LogP) is 3.59. The van der Waals surface area contributed by atoms with Crippen LogP contribution in [0.4, 0.5) is 0 Å². The average molecular weight is 375 g/mol. The highest BCUT2D eigenvalue weighted by molar-refractivity contribution is 5.95. The van der Waals surface area contributed by atoms with Crippen molar-refractivity contribution in [1.29, 1.82) is 0 Å². The molecular weight excluding hydrogens is 350 g/mol. The molecule has 0 unspecified atom stereocenters. The number of aromatic nitrogens is 2. The van der Waals surface area contributed by atoms with Crippen molar-refractivity contribution >= 4 is 5.91 Å². The number of nitrogens with one attached hydrogen (secondary N) is 1. The van der Waals surface area contributed by atoms with Gasteiger partial charge in [-0.1, -0.05) is 48.0 Å².